The number of ketones is 2. The SMILES string of the molecule is C.CC(=O)c1nc(C)cs1.COC(=O)CC(=O)c1nc(C)cs1.COC(=O)OC.Cc1csc(-c2cc(=O)n3cc(F)ccc3n2)n1.Cc1csc(-c2cc(=O)n3cc(N4CCNCC4)ccc3n2)n1.Nc1ccc(F)cn1. The molecule has 1 aliphatic heterocycles. The van der Waals surface area contributed by atoms with Crippen LogP contribution in [0, 0.1) is 39.3 Å². The van der Waals surface area contributed by atoms with Crippen molar-refractivity contribution in [3.05, 3.63) is 154 Å². The lowest BCUT2D eigenvalue weighted by Crippen LogP contribution is -2.43. The monoisotopic (exact) mass is 1150 g/mol. The maximum absolute atomic E-state index is 13.0. The van der Waals surface area contributed by atoms with E-state index in [4.69, 9.17) is 5.73 Å². The summed E-state index contributed by atoms with van der Waals surface area (Å²) in [5, 5.41) is 13.3. The van der Waals surface area contributed by atoms with E-state index in [-0.39, 0.29) is 42.3 Å². The number of pyridine rings is 3. The highest BCUT2D eigenvalue weighted by atomic mass is 32.1. The van der Waals surface area contributed by atoms with Gasteiger partial charge in [0.2, 0.25) is 5.78 Å². The van der Waals surface area contributed by atoms with Crippen LogP contribution in [0.25, 0.3) is 32.7 Å². The van der Waals surface area contributed by atoms with Gasteiger partial charge in [-0.05, 0) is 64.1 Å². The molecule has 0 atom stereocenters. The van der Waals surface area contributed by atoms with Crippen LogP contribution < -0.4 is 27.1 Å². The van der Waals surface area contributed by atoms with Crippen molar-refractivity contribution in [2.75, 3.05) is 58.1 Å². The van der Waals surface area contributed by atoms with Crippen LogP contribution in [0.3, 0.4) is 0 Å². The lowest BCUT2D eigenvalue weighted by Gasteiger charge is -2.29. The number of hydrogen-bond donors (Lipinski definition) is 2. The van der Waals surface area contributed by atoms with E-state index in [1.165, 1.54) is 108 Å². The van der Waals surface area contributed by atoms with Gasteiger partial charge >= 0.3 is 12.1 Å². The molecule has 1 fully saturated rings. The number of aryl methyl sites for hydroxylation is 4. The van der Waals surface area contributed by atoms with E-state index in [1.807, 2.05) is 55.2 Å². The van der Waals surface area contributed by atoms with Crippen molar-refractivity contribution < 1.29 is 42.2 Å². The van der Waals surface area contributed by atoms with E-state index in [0.29, 0.717) is 43.5 Å². The molecule has 412 valence electrons. The number of anilines is 2. The molecule has 21 nitrogen and oxygen atoms in total. The third-order valence-electron chi connectivity index (χ3n) is 9.82. The molecule has 0 spiro atoms. The third-order valence-corrected chi connectivity index (χ3v) is 13.8. The van der Waals surface area contributed by atoms with Crippen molar-refractivity contribution in [1.82, 2.24) is 49.0 Å². The summed E-state index contributed by atoms with van der Waals surface area (Å²) in [7, 11) is 3.76. The second kappa shape index (κ2) is 30.6. The molecule has 1 saturated heterocycles. The van der Waals surface area contributed by atoms with E-state index in [9.17, 15) is 37.5 Å². The Labute approximate surface area is 462 Å². The van der Waals surface area contributed by atoms with Gasteiger partial charge in [-0.2, -0.15) is 0 Å². The van der Waals surface area contributed by atoms with E-state index >= 15 is 0 Å². The molecule has 0 unspecified atom stereocenters. The van der Waals surface area contributed by atoms with Crippen molar-refractivity contribution in [2.45, 2.75) is 48.5 Å². The molecular formula is C51H56F2N12O9S4. The number of hydrogen-bond acceptors (Lipinski definition) is 23. The second-order valence-corrected chi connectivity index (χ2v) is 19.3. The van der Waals surface area contributed by atoms with E-state index in [1.54, 1.807) is 22.8 Å². The minimum Gasteiger partial charge on any atom is -0.469 e. The van der Waals surface area contributed by atoms with Gasteiger partial charge in [0.05, 0.1) is 33.2 Å². The Morgan fingerprint density at radius 1 is 0.641 bits per heavy atom. The van der Waals surface area contributed by atoms with Crippen LogP contribution in [0.5, 0.6) is 0 Å². The molecule has 9 aromatic rings. The normalized spacial score (nSPS) is 11.2. The minimum atomic E-state index is -0.657. The number of fused-ring (bicyclic) bond motifs is 2. The second-order valence-electron chi connectivity index (χ2n) is 15.9. The summed E-state index contributed by atoms with van der Waals surface area (Å²) in [6.45, 7) is 12.8. The Bertz CT molecular complexity index is 3530. The molecule has 1 aliphatic rings. The number of Topliss-reactive ketones (excluding diaryl/α,β-unsaturated/α-hetero) is 2. The Morgan fingerprint density at radius 3 is 1.54 bits per heavy atom. The quantitative estimate of drug-likeness (QED) is 0.0860. The molecule has 0 aliphatic carbocycles. The van der Waals surface area contributed by atoms with Crippen LogP contribution in [0.4, 0.5) is 25.1 Å². The maximum Gasteiger partial charge on any atom is 0.507 e. The van der Waals surface area contributed by atoms with Gasteiger partial charge in [-0.25, -0.2) is 48.5 Å². The molecule has 0 bridgehead atoms. The maximum atomic E-state index is 13.0. The molecule has 0 aromatic carbocycles. The average molecular weight is 1150 g/mol. The topological polar surface area (TPSA) is 270 Å². The summed E-state index contributed by atoms with van der Waals surface area (Å²) in [5.41, 5.74) is 11.6. The lowest BCUT2D eigenvalue weighted by molar-refractivity contribution is -0.139. The predicted octanol–water partition coefficient (Wildman–Crippen LogP) is 8.49. The Morgan fingerprint density at radius 2 is 1.13 bits per heavy atom. The predicted molar refractivity (Wildman–Crippen MR) is 299 cm³/mol. The Balaban J connectivity index is 0.000000214. The molecule has 27 heteroatoms. The summed E-state index contributed by atoms with van der Waals surface area (Å²) in [4.78, 5) is 98.0. The Hall–Kier alpha value is -8.11. The number of ether oxygens (including phenoxy) is 3. The zero-order chi connectivity index (χ0) is 56.2. The van der Waals surface area contributed by atoms with Crippen LogP contribution in [0.15, 0.2) is 98.2 Å². The minimum absolute atomic E-state index is 0. The van der Waals surface area contributed by atoms with Gasteiger partial charge in [0, 0.05) is 102 Å². The fraction of sp³-hybridized carbons (Fsp3) is 0.275. The number of carbonyl (C=O) groups excluding carboxylic acids is 4. The van der Waals surface area contributed by atoms with Crippen molar-refractivity contribution in [2.24, 2.45) is 0 Å². The molecule has 10 heterocycles. The van der Waals surface area contributed by atoms with Gasteiger partial charge in [0.15, 0.2) is 15.8 Å². The highest BCUT2D eigenvalue weighted by Gasteiger charge is 2.16. The van der Waals surface area contributed by atoms with E-state index in [0.717, 1.165) is 72.0 Å². The van der Waals surface area contributed by atoms with Crippen molar-refractivity contribution in [3.8, 4) is 21.4 Å². The van der Waals surface area contributed by atoms with Gasteiger partial charge < -0.3 is 30.2 Å². The van der Waals surface area contributed by atoms with Crippen LogP contribution >= 0.6 is 45.3 Å². The van der Waals surface area contributed by atoms with Crippen LogP contribution in [0.2, 0.25) is 0 Å². The molecule has 0 amide bonds. The summed E-state index contributed by atoms with van der Waals surface area (Å²) in [5.74, 6) is -1.26. The first kappa shape index (κ1) is 62.4. The zero-order valence-electron chi connectivity index (χ0n) is 42.8. The largest absolute Gasteiger partial charge is 0.507 e. The number of carbonyl (C=O) groups is 4. The van der Waals surface area contributed by atoms with E-state index < -0.39 is 17.9 Å². The molecule has 3 N–H and O–H groups in total. The number of nitrogen functional groups attached to an aromatic ring is 1. The molecule has 78 heavy (non-hydrogen) atoms. The number of aromatic nitrogens is 9. The fourth-order valence-electron chi connectivity index (χ4n) is 6.19. The van der Waals surface area contributed by atoms with Crippen LogP contribution in [-0.2, 0) is 19.0 Å². The number of thiazole rings is 4. The van der Waals surface area contributed by atoms with Gasteiger partial charge in [-0.1, -0.05) is 7.43 Å². The van der Waals surface area contributed by atoms with Crippen molar-refractivity contribution >= 4 is 91.8 Å². The smallest absolute Gasteiger partial charge is 0.469 e. The van der Waals surface area contributed by atoms with E-state index in [2.05, 4.69) is 59.3 Å². The number of methoxy groups -OCH3 is 3. The highest BCUT2D eigenvalue weighted by Crippen LogP contribution is 2.23. The number of rotatable bonds is 7. The number of esters is 1. The summed E-state index contributed by atoms with van der Waals surface area (Å²) in [6.07, 6.45) is 3.20. The van der Waals surface area contributed by atoms with Gasteiger partial charge in [-0.3, -0.25) is 32.8 Å². The van der Waals surface area contributed by atoms with Gasteiger partial charge in [0.1, 0.15) is 56.6 Å². The molecule has 0 radical (unpaired) electrons. The molecule has 0 saturated carbocycles. The molecular weight excluding hydrogens is 1090 g/mol. The highest BCUT2D eigenvalue weighted by molar-refractivity contribution is 7.13. The number of nitrogens with two attached hydrogens (primary N) is 1. The summed E-state index contributed by atoms with van der Waals surface area (Å²) < 4.78 is 40.2. The first-order valence-corrected chi connectivity index (χ1v) is 26.3. The van der Waals surface area contributed by atoms with Crippen molar-refractivity contribution in [1.29, 1.82) is 0 Å². The van der Waals surface area contributed by atoms with Gasteiger partial charge in [-0.15, -0.1) is 45.3 Å². The summed E-state index contributed by atoms with van der Waals surface area (Å²) >= 11 is 5.57. The lowest BCUT2D eigenvalue weighted by atomic mass is 10.3. The third kappa shape index (κ3) is 19.2. The number of nitrogens with zero attached hydrogens (tertiary/aromatic N) is 10. The standard InChI is InChI=1S/C16H17N5OS.C12H8FN3OS.C8H9NO3S.C6H7NOS.C5H5FN2.C3H6O3.CH4/c1-11-10-23-16(18-11)13-8-15(22)21-9-12(2-3-14(21)19-13)20-6-4-17-5-7-20;1-7-6-18-12(14-7)9-4-11(17)16-5-8(13)2-3-10(16)15-9;1-5-4-13-8(9-5)6(10)3-7(11)12-2;1-4-3-9-6(7-4)5(2)8;6-4-1-2-5(7)8-3-4;1-5-3(4)6-2;/h2-3,8-10,17H,4-7H2,1H3;2-6H,1H3;4H,3H2,1-2H3;3H,1-2H3;1-3H,(H2,7,8);1-2H3;1H4. The zero-order valence-corrected chi connectivity index (χ0v) is 46.1. The number of nitrogens with one attached hydrogen (secondary N) is 1. The van der Waals surface area contributed by atoms with Crippen LogP contribution in [-0.4, -0.2) is 115 Å². The average Bonchev–Trinajstić information content (AvgIpc) is 4.27. The fourth-order valence-corrected chi connectivity index (χ4v) is 9.13. The first-order chi connectivity index (χ1) is 36.8. The van der Waals surface area contributed by atoms with Crippen molar-refractivity contribution in [3.63, 3.8) is 0 Å². The Kier molecular flexibility index (Phi) is 24.5. The number of piperazine rings is 1. The molecule has 10 rings (SSSR count). The number of halogens is 2. The van der Waals surface area contributed by atoms with Crippen LogP contribution in [0.1, 0.15) is 63.2 Å². The first-order valence-electron chi connectivity index (χ1n) is 22.7. The van der Waals surface area contributed by atoms with Gasteiger partial charge in [0.25, 0.3) is 11.1 Å². The molecule has 9 aromatic heterocycles. The summed E-state index contributed by atoms with van der Waals surface area (Å²) in [6, 6.07) is 12.3.